The monoisotopic (exact) mass is 336 g/mol. The van der Waals surface area contributed by atoms with Gasteiger partial charge in [0.25, 0.3) is 0 Å². The molecule has 1 spiro atoms. The van der Waals surface area contributed by atoms with Crippen LogP contribution in [0, 0.1) is 28.1 Å². The van der Waals surface area contributed by atoms with E-state index in [1.807, 2.05) is 13.0 Å². The largest absolute Gasteiger partial charge is 0.396 e. The van der Waals surface area contributed by atoms with E-state index < -0.39 is 17.6 Å². The lowest BCUT2D eigenvalue weighted by molar-refractivity contribution is -0.192. The first-order valence-electron chi connectivity index (χ1n) is 9.43. The summed E-state index contributed by atoms with van der Waals surface area (Å²) in [5, 5.41) is 31.8. The normalized spacial score (nSPS) is 62.2. The van der Waals surface area contributed by atoms with Gasteiger partial charge in [-0.05, 0) is 54.3 Å². The Morgan fingerprint density at radius 2 is 1.92 bits per heavy atom. The quantitative estimate of drug-likeness (QED) is 0.534. The van der Waals surface area contributed by atoms with Gasteiger partial charge in [0.15, 0.2) is 0 Å². The molecule has 4 aliphatic rings. The molecule has 1 heterocycles. The summed E-state index contributed by atoms with van der Waals surface area (Å²) in [6.45, 7) is 10.5. The molecule has 4 nitrogen and oxygen atoms in total. The van der Waals surface area contributed by atoms with Crippen LogP contribution in [-0.2, 0) is 4.74 Å². The molecule has 0 aromatic rings. The van der Waals surface area contributed by atoms with E-state index in [1.54, 1.807) is 0 Å². The number of fused-ring (bicyclic) bond motifs is 2. The molecular formula is C20H32O4. The minimum atomic E-state index is -0.567. The fraction of sp³-hybridized carbons (Fsp3) is 0.900. The van der Waals surface area contributed by atoms with Crippen molar-refractivity contribution in [3.63, 3.8) is 0 Å². The lowest BCUT2D eigenvalue weighted by Gasteiger charge is -2.62. The molecule has 0 aromatic carbocycles. The van der Waals surface area contributed by atoms with Crippen molar-refractivity contribution in [3.05, 3.63) is 12.7 Å². The smallest absolute Gasteiger partial charge is 0.114 e. The molecule has 0 bridgehead atoms. The van der Waals surface area contributed by atoms with E-state index in [-0.39, 0.29) is 35.1 Å². The Labute approximate surface area is 144 Å². The van der Waals surface area contributed by atoms with E-state index in [1.165, 1.54) is 0 Å². The predicted molar refractivity (Wildman–Crippen MR) is 91.3 cm³/mol. The molecule has 0 radical (unpaired) electrons. The summed E-state index contributed by atoms with van der Waals surface area (Å²) >= 11 is 0. The van der Waals surface area contributed by atoms with Gasteiger partial charge in [0, 0.05) is 12.5 Å². The Morgan fingerprint density at radius 3 is 2.54 bits per heavy atom. The third-order valence-corrected chi connectivity index (χ3v) is 8.19. The van der Waals surface area contributed by atoms with Crippen LogP contribution in [-0.4, -0.2) is 45.8 Å². The number of epoxide rings is 1. The van der Waals surface area contributed by atoms with Crippen molar-refractivity contribution in [1.82, 2.24) is 0 Å². The van der Waals surface area contributed by atoms with E-state index in [0.717, 1.165) is 19.3 Å². The standard InChI is InChI=1S/C20H32O4/c1-5-17(2)7-6-13-19(4)9-12(22)8-18(3,11-21)15(19)14(23)16-20(13,10-17)24-16/h5,12-16,21-23H,1,6-11H2,2-4H3/t12-,13+,14-,15+,16+,17-,18-,19-,20-/m0/s1. The van der Waals surface area contributed by atoms with Crippen LogP contribution in [0.5, 0.6) is 0 Å². The van der Waals surface area contributed by atoms with Crippen molar-refractivity contribution in [2.24, 2.45) is 28.1 Å². The van der Waals surface area contributed by atoms with E-state index in [0.29, 0.717) is 18.8 Å². The SMILES string of the molecule is C=C[C@@]1(C)CC[C@@H]2[C@]3(C)C[C@@H](O)C[C@@](C)(CO)[C@H]3[C@H](O)[C@H]3O[C@]32C1. The molecule has 0 amide bonds. The Bertz CT molecular complexity index is 564. The molecule has 3 aliphatic carbocycles. The van der Waals surface area contributed by atoms with Crippen molar-refractivity contribution < 1.29 is 20.1 Å². The number of allylic oxidation sites excluding steroid dienone is 1. The third kappa shape index (κ3) is 1.94. The molecule has 1 aliphatic heterocycles. The number of ether oxygens (including phenoxy) is 1. The van der Waals surface area contributed by atoms with Crippen LogP contribution in [0.15, 0.2) is 12.7 Å². The molecule has 24 heavy (non-hydrogen) atoms. The highest BCUT2D eigenvalue weighted by atomic mass is 16.6. The van der Waals surface area contributed by atoms with Gasteiger partial charge >= 0.3 is 0 Å². The predicted octanol–water partition coefficient (Wildman–Crippen LogP) is 2.27. The van der Waals surface area contributed by atoms with Gasteiger partial charge in [0.05, 0.1) is 12.2 Å². The maximum Gasteiger partial charge on any atom is 0.114 e. The second-order valence-electron chi connectivity index (χ2n) is 9.97. The van der Waals surface area contributed by atoms with Gasteiger partial charge < -0.3 is 20.1 Å². The topological polar surface area (TPSA) is 73.2 Å². The lowest BCUT2D eigenvalue weighted by atomic mass is 9.42. The highest BCUT2D eigenvalue weighted by Crippen LogP contribution is 2.72. The molecule has 4 rings (SSSR count). The Balaban J connectivity index is 1.77. The molecule has 4 fully saturated rings. The zero-order valence-corrected chi connectivity index (χ0v) is 15.2. The molecule has 1 saturated heterocycles. The number of hydrogen-bond acceptors (Lipinski definition) is 4. The maximum atomic E-state index is 11.2. The van der Waals surface area contributed by atoms with Crippen molar-refractivity contribution in [2.75, 3.05) is 6.61 Å². The first kappa shape index (κ1) is 17.0. The van der Waals surface area contributed by atoms with Crippen LogP contribution in [0.3, 0.4) is 0 Å². The van der Waals surface area contributed by atoms with E-state index >= 15 is 0 Å². The minimum absolute atomic E-state index is 0.00180. The van der Waals surface area contributed by atoms with E-state index in [4.69, 9.17) is 4.74 Å². The summed E-state index contributed by atoms with van der Waals surface area (Å²) in [5.74, 6) is 0.300. The van der Waals surface area contributed by atoms with E-state index in [2.05, 4.69) is 20.4 Å². The average molecular weight is 336 g/mol. The number of aliphatic hydroxyl groups excluding tert-OH is 3. The van der Waals surface area contributed by atoms with Gasteiger partial charge in [0.2, 0.25) is 0 Å². The fourth-order valence-corrected chi connectivity index (χ4v) is 7.27. The summed E-state index contributed by atoms with van der Waals surface area (Å²) in [5.41, 5.74) is -0.867. The summed E-state index contributed by atoms with van der Waals surface area (Å²) < 4.78 is 6.25. The molecule has 9 atom stereocenters. The van der Waals surface area contributed by atoms with Gasteiger partial charge in [-0.15, -0.1) is 6.58 Å². The van der Waals surface area contributed by atoms with Crippen LogP contribution in [0.2, 0.25) is 0 Å². The summed E-state index contributed by atoms with van der Waals surface area (Å²) in [4.78, 5) is 0. The molecule has 4 heteroatoms. The minimum Gasteiger partial charge on any atom is -0.396 e. The highest BCUT2D eigenvalue weighted by molar-refractivity contribution is 5.27. The van der Waals surface area contributed by atoms with Crippen molar-refractivity contribution in [1.29, 1.82) is 0 Å². The van der Waals surface area contributed by atoms with Gasteiger partial charge in [0.1, 0.15) is 11.7 Å². The molecule has 3 saturated carbocycles. The first-order valence-corrected chi connectivity index (χ1v) is 9.43. The zero-order valence-electron chi connectivity index (χ0n) is 15.2. The van der Waals surface area contributed by atoms with Gasteiger partial charge in [-0.1, -0.05) is 26.8 Å². The Morgan fingerprint density at radius 1 is 1.21 bits per heavy atom. The number of hydrogen-bond donors (Lipinski definition) is 3. The van der Waals surface area contributed by atoms with Crippen LogP contribution < -0.4 is 0 Å². The molecule has 3 N–H and O–H groups in total. The summed E-state index contributed by atoms with van der Waals surface area (Å²) in [7, 11) is 0. The fourth-order valence-electron chi connectivity index (χ4n) is 7.27. The highest BCUT2D eigenvalue weighted by Gasteiger charge is 2.78. The summed E-state index contributed by atoms with van der Waals surface area (Å²) in [6, 6.07) is 0. The van der Waals surface area contributed by atoms with Gasteiger partial charge in [-0.25, -0.2) is 0 Å². The molecule has 0 aromatic heterocycles. The van der Waals surface area contributed by atoms with Crippen molar-refractivity contribution >= 4 is 0 Å². The van der Waals surface area contributed by atoms with Crippen molar-refractivity contribution in [2.45, 2.75) is 76.8 Å². The third-order valence-electron chi connectivity index (χ3n) is 8.19. The Kier molecular flexibility index (Phi) is 3.44. The van der Waals surface area contributed by atoms with E-state index in [9.17, 15) is 15.3 Å². The average Bonchev–Trinajstić information content (AvgIpc) is 3.19. The van der Waals surface area contributed by atoms with Crippen LogP contribution >= 0.6 is 0 Å². The zero-order chi connectivity index (χ0) is 17.5. The van der Waals surface area contributed by atoms with Crippen LogP contribution in [0.1, 0.15) is 52.9 Å². The van der Waals surface area contributed by atoms with Gasteiger partial charge in [-0.2, -0.15) is 0 Å². The molecule has 136 valence electrons. The second-order valence-corrected chi connectivity index (χ2v) is 9.97. The molecular weight excluding hydrogens is 304 g/mol. The lowest BCUT2D eigenvalue weighted by Crippen LogP contribution is -2.65. The van der Waals surface area contributed by atoms with Crippen LogP contribution in [0.25, 0.3) is 0 Å². The maximum absolute atomic E-state index is 11.2. The van der Waals surface area contributed by atoms with Crippen LogP contribution in [0.4, 0.5) is 0 Å². The summed E-state index contributed by atoms with van der Waals surface area (Å²) in [6.07, 6.45) is 5.20. The van der Waals surface area contributed by atoms with Crippen molar-refractivity contribution in [3.8, 4) is 0 Å². The number of aliphatic hydroxyl groups is 3. The number of rotatable bonds is 2. The molecule has 0 unspecified atom stereocenters. The Hall–Kier alpha value is -0.420. The second kappa shape index (κ2) is 4.85. The van der Waals surface area contributed by atoms with Gasteiger partial charge in [-0.3, -0.25) is 0 Å². The first-order chi connectivity index (χ1) is 11.1.